The van der Waals surface area contributed by atoms with Crippen LogP contribution in [-0.4, -0.2) is 54.3 Å². The number of carbonyl (C=O) groups excluding carboxylic acids is 1. The SMILES string of the molecule is Cc1ccc(SCCNC(=O)CN2CCC(CNc3cccc(C)n3)C2)cc1. The molecule has 28 heavy (non-hydrogen) atoms. The van der Waals surface area contributed by atoms with Crippen LogP contribution in [0.3, 0.4) is 0 Å². The third-order valence-electron chi connectivity index (χ3n) is 4.91. The standard InChI is InChI=1S/C22H30N4OS/c1-17-6-8-20(9-7-17)28-13-11-23-22(27)16-26-12-10-19(15-26)14-24-21-5-3-4-18(2)25-21/h3-9,19H,10-16H2,1-2H3,(H,23,27)(H,24,25). The van der Waals surface area contributed by atoms with Crippen LogP contribution < -0.4 is 10.6 Å². The van der Waals surface area contributed by atoms with E-state index in [9.17, 15) is 4.79 Å². The van der Waals surface area contributed by atoms with Gasteiger partial charge in [0.05, 0.1) is 6.54 Å². The van der Waals surface area contributed by atoms with E-state index in [1.807, 2.05) is 25.1 Å². The van der Waals surface area contributed by atoms with Crippen LogP contribution in [0.15, 0.2) is 47.4 Å². The molecule has 0 aliphatic carbocycles. The summed E-state index contributed by atoms with van der Waals surface area (Å²) in [6, 6.07) is 14.5. The summed E-state index contributed by atoms with van der Waals surface area (Å²) in [7, 11) is 0. The molecule has 150 valence electrons. The van der Waals surface area contributed by atoms with Gasteiger partial charge >= 0.3 is 0 Å². The van der Waals surface area contributed by atoms with E-state index >= 15 is 0 Å². The lowest BCUT2D eigenvalue weighted by Gasteiger charge is -2.16. The molecule has 1 aliphatic rings. The van der Waals surface area contributed by atoms with E-state index in [1.165, 1.54) is 10.5 Å². The highest BCUT2D eigenvalue weighted by Crippen LogP contribution is 2.18. The van der Waals surface area contributed by atoms with Gasteiger partial charge in [-0.2, -0.15) is 0 Å². The minimum atomic E-state index is 0.124. The summed E-state index contributed by atoms with van der Waals surface area (Å²) in [5, 5.41) is 6.46. The van der Waals surface area contributed by atoms with Crippen molar-refractivity contribution in [3.8, 4) is 0 Å². The number of anilines is 1. The lowest BCUT2D eigenvalue weighted by Crippen LogP contribution is -2.37. The summed E-state index contributed by atoms with van der Waals surface area (Å²) in [4.78, 5) is 20.2. The second-order valence-corrected chi connectivity index (χ2v) is 8.61. The van der Waals surface area contributed by atoms with Crippen LogP contribution in [0, 0.1) is 19.8 Å². The quantitative estimate of drug-likeness (QED) is 0.501. The van der Waals surface area contributed by atoms with Gasteiger partial charge in [0.2, 0.25) is 5.91 Å². The van der Waals surface area contributed by atoms with Gasteiger partial charge in [-0.05, 0) is 57.0 Å². The molecular weight excluding hydrogens is 368 g/mol. The zero-order chi connectivity index (χ0) is 19.8. The van der Waals surface area contributed by atoms with Crippen LogP contribution in [0.1, 0.15) is 17.7 Å². The third-order valence-corrected chi connectivity index (χ3v) is 5.93. The molecule has 0 radical (unpaired) electrons. The lowest BCUT2D eigenvalue weighted by molar-refractivity contribution is -0.121. The highest BCUT2D eigenvalue weighted by molar-refractivity contribution is 7.99. The van der Waals surface area contributed by atoms with Crippen molar-refractivity contribution in [3.05, 3.63) is 53.7 Å². The Morgan fingerprint density at radius 3 is 2.82 bits per heavy atom. The molecule has 2 heterocycles. The van der Waals surface area contributed by atoms with Gasteiger partial charge in [0.15, 0.2) is 0 Å². The molecule has 1 aliphatic heterocycles. The van der Waals surface area contributed by atoms with Crippen LogP contribution in [0.25, 0.3) is 0 Å². The number of amides is 1. The van der Waals surface area contributed by atoms with Crippen molar-refractivity contribution < 1.29 is 4.79 Å². The smallest absolute Gasteiger partial charge is 0.234 e. The number of rotatable bonds is 9. The van der Waals surface area contributed by atoms with Crippen molar-refractivity contribution >= 4 is 23.5 Å². The van der Waals surface area contributed by atoms with E-state index in [0.29, 0.717) is 19.0 Å². The van der Waals surface area contributed by atoms with Crippen LogP contribution >= 0.6 is 11.8 Å². The van der Waals surface area contributed by atoms with E-state index in [1.54, 1.807) is 11.8 Å². The van der Waals surface area contributed by atoms with Crippen molar-refractivity contribution in [1.29, 1.82) is 0 Å². The Bertz CT molecular complexity index is 765. The largest absolute Gasteiger partial charge is 0.370 e. The summed E-state index contributed by atoms with van der Waals surface area (Å²) >= 11 is 1.78. The molecule has 1 saturated heterocycles. The Labute approximate surface area is 172 Å². The number of thioether (sulfide) groups is 1. The molecule has 1 aromatic carbocycles. The predicted octanol–water partition coefficient (Wildman–Crippen LogP) is 3.34. The van der Waals surface area contributed by atoms with Crippen molar-refractivity contribution in [3.63, 3.8) is 0 Å². The number of likely N-dealkylation sites (tertiary alicyclic amines) is 1. The summed E-state index contributed by atoms with van der Waals surface area (Å²) in [6.07, 6.45) is 1.12. The molecule has 1 fully saturated rings. The van der Waals surface area contributed by atoms with Gasteiger partial charge in [-0.1, -0.05) is 23.8 Å². The van der Waals surface area contributed by atoms with Crippen molar-refractivity contribution in [2.45, 2.75) is 25.2 Å². The van der Waals surface area contributed by atoms with E-state index in [-0.39, 0.29) is 5.91 Å². The molecular formula is C22H30N4OS. The summed E-state index contributed by atoms with van der Waals surface area (Å²) < 4.78 is 0. The number of nitrogens with zero attached hydrogens (tertiary/aromatic N) is 2. The average molecular weight is 399 g/mol. The van der Waals surface area contributed by atoms with Gasteiger partial charge in [0.25, 0.3) is 0 Å². The van der Waals surface area contributed by atoms with Gasteiger partial charge in [0, 0.05) is 36.0 Å². The molecule has 6 heteroatoms. The topological polar surface area (TPSA) is 57.3 Å². The minimum absolute atomic E-state index is 0.124. The molecule has 0 saturated carbocycles. The van der Waals surface area contributed by atoms with Gasteiger partial charge in [0.1, 0.15) is 5.82 Å². The maximum atomic E-state index is 12.2. The molecule has 1 unspecified atom stereocenters. The summed E-state index contributed by atoms with van der Waals surface area (Å²) in [6.45, 7) is 8.14. The number of benzene rings is 1. The number of carbonyl (C=O) groups is 1. The molecule has 1 aromatic heterocycles. The highest BCUT2D eigenvalue weighted by atomic mass is 32.2. The van der Waals surface area contributed by atoms with Gasteiger partial charge < -0.3 is 10.6 Å². The second-order valence-electron chi connectivity index (χ2n) is 7.45. The maximum absolute atomic E-state index is 12.2. The van der Waals surface area contributed by atoms with Gasteiger partial charge in [-0.15, -0.1) is 11.8 Å². The summed E-state index contributed by atoms with van der Waals surface area (Å²) in [5.74, 6) is 2.51. The average Bonchev–Trinajstić information content (AvgIpc) is 3.12. The first-order chi connectivity index (χ1) is 13.6. The molecule has 3 rings (SSSR count). The maximum Gasteiger partial charge on any atom is 0.234 e. The number of aryl methyl sites for hydroxylation is 2. The first-order valence-electron chi connectivity index (χ1n) is 9.94. The van der Waals surface area contributed by atoms with Crippen LogP contribution in [0.5, 0.6) is 0 Å². The van der Waals surface area contributed by atoms with E-state index in [0.717, 1.165) is 43.3 Å². The molecule has 1 atom stereocenters. The number of pyridine rings is 1. The fourth-order valence-corrected chi connectivity index (χ4v) is 4.13. The van der Waals surface area contributed by atoms with Crippen LogP contribution in [0.4, 0.5) is 5.82 Å². The molecule has 2 aromatic rings. The number of nitrogens with one attached hydrogen (secondary N) is 2. The van der Waals surface area contributed by atoms with Crippen molar-refractivity contribution in [1.82, 2.24) is 15.2 Å². The lowest BCUT2D eigenvalue weighted by atomic mass is 10.1. The van der Waals surface area contributed by atoms with E-state index in [2.05, 4.69) is 51.7 Å². The minimum Gasteiger partial charge on any atom is -0.370 e. The zero-order valence-corrected chi connectivity index (χ0v) is 17.6. The Hall–Kier alpha value is -2.05. The fourth-order valence-electron chi connectivity index (χ4n) is 3.37. The number of aromatic nitrogens is 1. The van der Waals surface area contributed by atoms with Gasteiger partial charge in [-0.3, -0.25) is 9.69 Å². The van der Waals surface area contributed by atoms with Crippen molar-refractivity contribution in [2.75, 3.05) is 43.8 Å². The van der Waals surface area contributed by atoms with Gasteiger partial charge in [-0.25, -0.2) is 4.98 Å². The molecule has 5 nitrogen and oxygen atoms in total. The Morgan fingerprint density at radius 2 is 2.04 bits per heavy atom. The summed E-state index contributed by atoms with van der Waals surface area (Å²) in [5.41, 5.74) is 2.29. The molecule has 2 N–H and O–H groups in total. The Balaban J connectivity index is 1.29. The van der Waals surface area contributed by atoms with Crippen LogP contribution in [-0.2, 0) is 4.79 Å². The number of hydrogen-bond acceptors (Lipinski definition) is 5. The number of hydrogen-bond donors (Lipinski definition) is 2. The predicted molar refractivity (Wildman–Crippen MR) is 117 cm³/mol. The van der Waals surface area contributed by atoms with E-state index < -0.39 is 0 Å². The Kier molecular flexibility index (Phi) is 7.74. The monoisotopic (exact) mass is 398 g/mol. The highest BCUT2D eigenvalue weighted by Gasteiger charge is 2.23. The second kappa shape index (κ2) is 10.5. The fraction of sp³-hybridized carbons (Fsp3) is 0.455. The third kappa shape index (κ3) is 6.84. The first-order valence-corrected chi connectivity index (χ1v) is 10.9. The van der Waals surface area contributed by atoms with Crippen molar-refractivity contribution in [2.24, 2.45) is 5.92 Å². The molecule has 0 spiro atoms. The first kappa shape index (κ1) is 20.7. The Morgan fingerprint density at radius 1 is 1.21 bits per heavy atom. The molecule has 1 amide bonds. The van der Waals surface area contributed by atoms with E-state index in [4.69, 9.17) is 0 Å². The molecule has 0 bridgehead atoms. The zero-order valence-electron chi connectivity index (χ0n) is 16.8. The normalized spacial score (nSPS) is 16.9. The van der Waals surface area contributed by atoms with Crippen LogP contribution in [0.2, 0.25) is 0 Å².